The van der Waals surface area contributed by atoms with E-state index in [1.54, 1.807) is 42.5 Å². The Kier molecular flexibility index (Phi) is 6.19. The van der Waals surface area contributed by atoms with Crippen molar-refractivity contribution in [2.24, 2.45) is 0 Å². The van der Waals surface area contributed by atoms with Gasteiger partial charge in [0, 0.05) is 29.7 Å². The Labute approximate surface area is 165 Å². The molecule has 0 aliphatic carbocycles. The highest BCUT2D eigenvalue weighted by Crippen LogP contribution is 2.28. The predicted octanol–water partition coefficient (Wildman–Crippen LogP) is 4.22. The van der Waals surface area contributed by atoms with Gasteiger partial charge in [-0.3, -0.25) is 4.79 Å². The third-order valence-corrected chi connectivity index (χ3v) is 7.02. The zero-order valence-corrected chi connectivity index (χ0v) is 16.8. The van der Waals surface area contributed by atoms with Crippen LogP contribution in [-0.2, 0) is 14.8 Å². The first-order valence-electron chi connectivity index (χ1n) is 9.01. The van der Waals surface area contributed by atoms with E-state index in [1.807, 2.05) is 13.0 Å². The Morgan fingerprint density at radius 2 is 1.93 bits per heavy atom. The normalized spacial score (nSPS) is 18.2. The summed E-state index contributed by atoms with van der Waals surface area (Å²) in [6.45, 7) is 2.32. The summed E-state index contributed by atoms with van der Waals surface area (Å²) in [7, 11) is -3.61. The highest BCUT2D eigenvalue weighted by atomic mass is 35.5. The molecule has 0 bridgehead atoms. The molecule has 0 unspecified atom stereocenters. The molecule has 1 heterocycles. The van der Waals surface area contributed by atoms with Crippen molar-refractivity contribution >= 4 is 33.2 Å². The SMILES string of the molecule is Cc1ccc(Cl)cc1NC(=O)C[C@H]1CCCCN1S(=O)(=O)c1ccccc1. The Morgan fingerprint density at radius 1 is 1.19 bits per heavy atom. The van der Waals surface area contributed by atoms with E-state index in [-0.39, 0.29) is 23.3 Å². The van der Waals surface area contributed by atoms with Gasteiger partial charge in [-0.25, -0.2) is 8.42 Å². The maximum absolute atomic E-state index is 13.0. The van der Waals surface area contributed by atoms with Gasteiger partial charge < -0.3 is 5.32 Å². The van der Waals surface area contributed by atoms with Crippen LogP contribution in [-0.4, -0.2) is 31.2 Å². The molecule has 0 spiro atoms. The van der Waals surface area contributed by atoms with Crippen LogP contribution in [0.25, 0.3) is 0 Å². The van der Waals surface area contributed by atoms with Crippen LogP contribution in [0.5, 0.6) is 0 Å². The minimum Gasteiger partial charge on any atom is -0.326 e. The van der Waals surface area contributed by atoms with Crippen molar-refractivity contribution in [2.45, 2.75) is 43.5 Å². The van der Waals surface area contributed by atoms with Gasteiger partial charge >= 0.3 is 0 Å². The molecule has 1 aliphatic rings. The van der Waals surface area contributed by atoms with E-state index in [0.29, 0.717) is 23.7 Å². The predicted molar refractivity (Wildman–Crippen MR) is 107 cm³/mol. The molecule has 1 aliphatic heterocycles. The quantitative estimate of drug-likeness (QED) is 0.808. The monoisotopic (exact) mass is 406 g/mol. The van der Waals surface area contributed by atoms with E-state index >= 15 is 0 Å². The summed E-state index contributed by atoms with van der Waals surface area (Å²) >= 11 is 6.00. The number of benzene rings is 2. The molecule has 1 fully saturated rings. The fourth-order valence-corrected chi connectivity index (χ4v) is 5.25. The topological polar surface area (TPSA) is 66.5 Å². The Morgan fingerprint density at radius 3 is 2.67 bits per heavy atom. The number of halogens is 1. The highest BCUT2D eigenvalue weighted by Gasteiger charge is 2.34. The van der Waals surface area contributed by atoms with Gasteiger partial charge in [-0.15, -0.1) is 0 Å². The molecule has 0 aromatic heterocycles. The van der Waals surface area contributed by atoms with Crippen molar-refractivity contribution in [3.63, 3.8) is 0 Å². The number of sulfonamides is 1. The van der Waals surface area contributed by atoms with Crippen LogP contribution in [0, 0.1) is 6.92 Å². The lowest BCUT2D eigenvalue weighted by molar-refractivity contribution is -0.117. The Balaban J connectivity index is 1.76. The number of nitrogens with zero attached hydrogens (tertiary/aromatic N) is 1. The molecule has 2 aromatic carbocycles. The lowest BCUT2D eigenvalue weighted by Gasteiger charge is -2.34. The minimum absolute atomic E-state index is 0.123. The molecule has 3 rings (SSSR count). The number of nitrogens with one attached hydrogen (secondary N) is 1. The third kappa shape index (κ3) is 4.69. The smallest absolute Gasteiger partial charge is 0.243 e. The van der Waals surface area contributed by atoms with Crippen LogP contribution in [0.2, 0.25) is 5.02 Å². The molecule has 27 heavy (non-hydrogen) atoms. The lowest BCUT2D eigenvalue weighted by atomic mass is 10.0. The maximum atomic E-state index is 13.0. The molecule has 1 saturated heterocycles. The molecule has 144 valence electrons. The van der Waals surface area contributed by atoms with Gasteiger partial charge in [-0.2, -0.15) is 4.31 Å². The first kappa shape index (κ1) is 19.9. The Hall–Kier alpha value is -1.89. The first-order chi connectivity index (χ1) is 12.9. The summed E-state index contributed by atoms with van der Waals surface area (Å²) in [4.78, 5) is 12.8. The van der Waals surface area contributed by atoms with Crippen molar-refractivity contribution in [3.8, 4) is 0 Å². The fraction of sp³-hybridized carbons (Fsp3) is 0.350. The highest BCUT2D eigenvalue weighted by molar-refractivity contribution is 7.89. The van der Waals surface area contributed by atoms with E-state index in [9.17, 15) is 13.2 Å². The van der Waals surface area contributed by atoms with Gasteiger partial charge in [-0.1, -0.05) is 42.3 Å². The van der Waals surface area contributed by atoms with Gasteiger partial charge in [0.25, 0.3) is 0 Å². The number of hydrogen-bond donors (Lipinski definition) is 1. The first-order valence-corrected chi connectivity index (χ1v) is 10.8. The molecule has 1 amide bonds. The number of hydrogen-bond acceptors (Lipinski definition) is 3. The molecular formula is C20H23ClN2O3S. The largest absolute Gasteiger partial charge is 0.326 e. The zero-order chi connectivity index (χ0) is 19.4. The summed E-state index contributed by atoms with van der Waals surface area (Å²) < 4.78 is 27.5. The van der Waals surface area contributed by atoms with Crippen LogP contribution in [0.4, 0.5) is 5.69 Å². The number of amides is 1. The molecular weight excluding hydrogens is 384 g/mol. The number of anilines is 1. The second kappa shape index (κ2) is 8.42. The third-order valence-electron chi connectivity index (χ3n) is 4.82. The molecule has 2 aromatic rings. The minimum atomic E-state index is -3.61. The van der Waals surface area contributed by atoms with Crippen molar-refractivity contribution in [1.29, 1.82) is 0 Å². The summed E-state index contributed by atoms with van der Waals surface area (Å²) in [5.74, 6) is -0.208. The van der Waals surface area contributed by atoms with E-state index in [4.69, 9.17) is 11.6 Å². The second-order valence-electron chi connectivity index (χ2n) is 6.79. The standard InChI is InChI=1S/C20H23ClN2O3S/c1-15-10-11-16(21)13-19(15)22-20(24)14-17-7-5-6-12-23(17)27(25,26)18-8-3-2-4-9-18/h2-4,8-11,13,17H,5-7,12,14H2,1H3,(H,22,24)/t17-/m1/s1. The van der Waals surface area contributed by atoms with E-state index in [2.05, 4.69) is 5.32 Å². The fourth-order valence-electron chi connectivity index (χ4n) is 3.37. The van der Waals surface area contributed by atoms with Crippen molar-refractivity contribution in [2.75, 3.05) is 11.9 Å². The second-order valence-corrected chi connectivity index (χ2v) is 9.12. The van der Waals surface area contributed by atoms with Crippen molar-refractivity contribution in [3.05, 3.63) is 59.1 Å². The van der Waals surface area contributed by atoms with Gasteiger partial charge in [-0.05, 0) is 49.6 Å². The molecule has 1 N–H and O–H groups in total. The van der Waals surface area contributed by atoms with Crippen molar-refractivity contribution in [1.82, 2.24) is 4.31 Å². The van der Waals surface area contributed by atoms with E-state index in [0.717, 1.165) is 18.4 Å². The van der Waals surface area contributed by atoms with Crippen LogP contribution in [0.3, 0.4) is 0 Å². The molecule has 5 nitrogen and oxygen atoms in total. The van der Waals surface area contributed by atoms with E-state index in [1.165, 1.54) is 4.31 Å². The molecule has 0 saturated carbocycles. The number of piperidine rings is 1. The summed E-state index contributed by atoms with van der Waals surface area (Å²) in [5, 5.41) is 3.41. The number of aryl methyl sites for hydroxylation is 1. The Bertz CT molecular complexity index is 916. The van der Waals surface area contributed by atoms with Gasteiger partial charge in [0.2, 0.25) is 15.9 Å². The average Bonchev–Trinajstić information content (AvgIpc) is 2.66. The van der Waals surface area contributed by atoms with Crippen LogP contribution in [0.1, 0.15) is 31.2 Å². The summed E-state index contributed by atoms with van der Waals surface area (Å²) in [6.07, 6.45) is 2.51. The molecule has 0 radical (unpaired) electrons. The van der Waals surface area contributed by atoms with Crippen LogP contribution < -0.4 is 5.32 Å². The van der Waals surface area contributed by atoms with Gasteiger partial charge in [0.05, 0.1) is 4.90 Å². The summed E-state index contributed by atoms with van der Waals surface area (Å²) in [5.41, 5.74) is 1.56. The number of carbonyl (C=O) groups excluding carboxylic acids is 1. The average molecular weight is 407 g/mol. The number of rotatable bonds is 5. The maximum Gasteiger partial charge on any atom is 0.243 e. The number of carbonyl (C=O) groups is 1. The van der Waals surface area contributed by atoms with Gasteiger partial charge in [0.1, 0.15) is 0 Å². The van der Waals surface area contributed by atoms with Crippen LogP contribution >= 0.6 is 11.6 Å². The molecule has 7 heteroatoms. The summed E-state index contributed by atoms with van der Waals surface area (Å²) in [6, 6.07) is 13.4. The van der Waals surface area contributed by atoms with Crippen LogP contribution in [0.15, 0.2) is 53.4 Å². The zero-order valence-electron chi connectivity index (χ0n) is 15.2. The lowest BCUT2D eigenvalue weighted by Crippen LogP contribution is -2.45. The molecule has 1 atom stereocenters. The van der Waals surface area contributed by atoms with Gasteiger partial charge in [0.15, 0.2) is 0 Å². The van der Waals surface area contributed by atoms with Crippen molar-refractivity contribution < 1.29 is 13.2 Å². The van der Waals surface area contributed by atoms with E-state index < -0.39 is 10.0 Å².